The number of aromatic nitrogens is 4. The standard InChI is InChI=1S/C27H19FN4/c1-16-10-19(12-20(28)11-16)21-5-2-6-24-22(21)14-26(30-24)27-23-13-17(7-8-25(23)31-32-27)18-4-3-9-29-15-18/h2-15,30H,1H3,(H,31,32). The monoisotopic (exact) mass is 418 g/mol. The second kappa shape index (κ2) is 7.17. The molecule has 6 aromatic rings. The number of H-pyrrole nitrogens is 2. The van der Waals surface area contributed by atoms with E-state index in [1.54, 1.807) is 18.3 Å². The molecule has 0 aliphatic rings. The lowest BCUT2D eigenvalue weighted by Gasteiger charge is -2.05. The highest BCUT2D eigenvalue weighted by Crippen LogP contribution is 2.35. The fourth-order valence-electron chi connectivity index (χ4n) is 4.36. The molecule has 5 heteroatoms. The topological polar surface area (TPSA) is 57.4 Å². The van der Waals surface area contributed by atoms with Crippen LogP contribution in [0.3, 0.4) is 0 Å². The van der Waals surface area contributed by atoms with Crippen molar-refractivity contribution >= 4 is 21.8 Å². The third-order valence-electron chi connectivity index (χ3n) is 5.83. The lowest BCUT2D eigenvalue weighted by atomic mass is 9.99. The summed E-state index contributed by atoms with van der Waals surface area (Å²) >= 11 is 0. The number of hydrogen-bond donors (Lipinski definition) is 2. The Morgan fingerprint density at radius 1 is 0.781 bits per heavy atom. The molecule has 3 aromatic carbocycles. The van der Waals surface area contributed by atoms with Crippen LogP contribution < -0.4 is 0 Å². The average molecular weight is 418 g/mol. The van der Waals surface area contributed by atoms with Crippen molar-refractivity contribution in [2.45, 2.75) is 6.92 Å². The molecule has 6 rings (SSSR count). The van der Waals surface area contributed by atoms with Crippen LogP contribution in [-0.2, 0) is 0 Å². The molecule has 0 radical (unpaired) electrons. The summed E-state index contributed by atoms with van der Waals surface area (Å²) in [5, 5.41) is 9.79. The van der Waals surface area contributed by atoms with E-state index in [2.05, 4.69) is 38.4 Å². The summed E-state index contributed by atoms with van der Waals surface area (Å²) in [6.45, 7) is 1.91. The molecule has 2 N–H and O–H groups in total. The minimum absolute atomic E-state index is 0.228. The molecule has 154 valence electrons. The van der Waals surface area contributed by atoms with Crippen LogP contribution >= 0.6 is 0 Å². The van der Waals surface area contributed by atoms with Crippen LogP contribution in [0.2, 0.25) is 0 Å². The summed E-state index contributed by atoms with van der Waals surface area (Å²) in [5.41, 5.74) is 8.61. The van der Waals surface area contributed by atoms with E-state index in [1.165, 1.54) is 0 Å². The number of aryl methyl sites for hydroxylation is 1. The van der Waals surface area contributed by atoms with Crippen LogP contribution in [0.15, 0.2) is 85.2 Å². The summed E-state index contributed by atoms with van der Waals surface area (Å²) in [6.07, 6.45) is 3.63. The molecule has 0 aliphatic heterocycles. The number of hydrogen-bond acceptors (Lipinski definition) is 2. The molecular formula is C27H19FN4. The van der Waals surface area contributed by atoms with Crippen molar-refractivity contribution in [1.82, 2.24) is 20.2 Å². The van der Waals surface area contributed by atoms with E-state index in [0.29, 0.717) is 0 Å². The van der Waals surface area contributed by atoms with Crippen LogP contribution in [0, 0.1) is 12.7 Å². The van der Waals surface area contributed by atoms with Gasteiger partial charge in [-0.25, -0.2) is 4.39 Å². The summed E-state index contributed by atoms with van der Waals surface area (Å²) in [7, 11) is 0. The number of benzene rings is 3. The molecule has 0 aliphatic carbocycles. The van der Waals surface area contributed by atoms with Gasteiger partial charge < -0.3 is 4.98 Å². The van der Waals surface area contributed by atoms with Crippen LogP contribution in [-0.4, -0.2) is 20.2 Å². The number of nitrogens with one attached hydrogen (secondary N) is 2. The van der Waals surface area contributed by atoms with Crippen molar-refractivity contribution in [3.63, 3.8) is 0 Å². The van der Waals surface area contributed by atoms with Gasteiger partial charge in [-0.1, -0.05) is 30.3 Å². The Labute approximate surface area is 183 Å². The van der Waals surface area contributed by atoms with E-state index in [0.717, 1.165) is 61.0 Å². The number of fused-ring (bicyclic) bond motifs is 2. The normalized spacial score (nSPS) is 11.4. The van der Waals surface area contributed by atoms with Gasteiger partial charge in [-0.05, 0) is 71.6 Å². The van der Waals surface area contributed by atoms with Crippen molar-refractivity contribution in [1.29, 1.82) is 0 Å². The molecule has 0 spiro atoms. The second-order valence-electron chi connectivity index (χ2n) is 8.04. The Bertz CT molecular complexity index is 1570. The largest absolute Gasteiger partial charge is 0.353 e. The van der Waals surface area contributed by atoms with Crippen LogP contribution in [0.4, 0.5) is 4.39 Å². The first kappa shape index (κ1) is 18.5. The Balaban J connectivity index is 1.52. The number of rotatable bonds is 3. The van der Waals surface area contributed by atoms with Gasteiger partial charge in [0, 0.05) is 34.2 Å². The van der Waals surface area contributed by atoms with E-state index in [-0.39, 0.29) is 5.82 Å². The molecule has 0 unspecified atom stereocenters. The minimum atomic E-state index is -0.228. The molecule has 0 bridgehead atoms. The molecular weight excluding hydrogens is 399 g/mol. The summed E-state index contributed by atoms with van der Waals surface area (Å²) in [5.74, 6) is -0.228. The zero-order valence-corrected chi connectivity index (χ0v) is 17.4. The molecule has 3 aromatic heterocycles. The Morgan fingerprint density at radius 3 is 2.56 bits per heavy atom. The zero-order chi connectivity index (χ0) is 21.7. The molecule has 0 saturated carbocycles. The van der Waals surface area contributed by atoms with Crippen molar-refractivity contribution in [3.8, 4) is 33.6 Å². The van der Waals surface area contributed by atoms with E-state index < -0.39 is 0 Å². The Morgan fingerprint density at radius 2 is 1.72 bits per heavy atom. The third-order valence-corrected chi connectivity index (χ3v) is 5.83. The van der Waals surface area contributed by atoms with Crippen LogP contribution in [0.25, 0.3) is 55.4 Å². The fraction of sp³-hybridized carbons (Fsp3) is 0.0370. The lowest BCUT2D eigenvalue weighted by molar-refractivity contribution is 0.627. The molecule has 0 saturated heterocycles. The Kier molecular flexibility index (Phi) is 4.15. The predicted octanol–water partition coefficient (Wildman–Crippen LogP) is 6.89. The van der Waals surface area contributed by atoms with E-state index in [9.17, 15) is 4.39 Å². The van der Waals surface area contributed by atoms with Crippen molar-refractivity contribution in [2.24, 2.45) is 0 Å². The van der Waals surface area contributed by atoms with Crippen LogP contribution in [0.5, 0.6) is 0 Å². The predicted molar refractivity (Wildman–Crippen MR) is 127 cm³/mol. The maximum absolute atomic E-state index is 14.1. The van der Waals surface area contributed by atoms with E-state index in [4.69, 9.17) is 0 Å². The second-order valence-corrected chi connectivity index (χ2v) is 8.04. The number of nitrogens with zero attached hydrogens (tertiary/aromatic N) is 2. The average Bonchev–Trinajstić information content (AvgIpc) is 3.42. The fourth-order valence-corrected chi connectivity index (χ4v) is 4.36. The minimum Gasteiger partial charge on any atom is -0.353 e. The SMILES string of the molecule is Cc1cc(F)cc(-c2cccc3[nH]c(-c4n[nH]c5ccc(-c6cccnc6)cc45)cc23)c1. The van der Waals surface area contributed by atoms with Gasteiger partial charge in [0.05, 0.1) is 11.2 Å². The lowest BCUT2D eigenvalue weighted by Crippen LogP contribution is -1.84. The highest BCUT2D eigenvalue weighted by Gasteiger charge is 2.14. The van der Waals surface area contributed by atoms with Crippen molar-refractivity contribution in [3.05, 3.63) is 96.6 Å². The molecule has 0 amide bonds. The Hall–Kier alpha value is -4.25. The van der Waals surface area contributed by atoms with Crippen molar-refractivity contribution in [2.75, 3.05) is 0 Å². The number of halogens is 1. The molecule has 3 heterocycles. The summed E-state index contributed by atoms with van der Waals surface area (Å²) < 4.78 is 14.1. The first-order chi connectivity index (χ1) is 15.7. The summed E-state index contributed by atoms with van der Waals surface area (Å²) in [6, 6.07) is 23.5. The van der Waals surface area contributed by atoms with Crippen molar-refractivity contribution < 1.29 is 4.39 Å². The van der Waals surface area contributed by atoms with Gasteiger partial charge in [0.25, 0.3) is 0 Å². The van der Waals surface area contributed by atoms with Gasteiger partial charge in [0.15, 0.2) is 0 Å². The quantitative estimate of drug-likeness (QED) is 0.329. The van der Waals surface area contributed by atoms with Gasteiger partial charge in [-0.2, -0.15) is 5.10 Å². The third kappa shape index (κ3) is 3.06. The molecule has 4 nitrogen and oxygen atoms in total. The van der Waals surface area contributed by atoms with E-state index >= 15 is 0 Å². The first-order valence-corrected chi connectivity index (χ1v) is 10.4. The zero-order valence-electron chi connectivity index (χ0n) is 17.4. The maximum atomic E-state index is 14.1. The first-order valence-electron chi connectivity index (χ1n) is 10.4. The van der Waals surface area contributed by atoms with Gasteiger partial charge in [0.1, 0.15) is 11.5 Å². The van der Waals surface area contributed by atoms with Gasteiger partial charge in [-0.15, -0.1) is 0 Å². The van der Waals surface area contributed by atoms with Crippen LogP contribution in [0.1, 0.15) is 5.56 Å². The van der Waals surface area contributed by atoms with E-state index in [1.807, 2.05) is 55.6 Å². The molecule has 32 heavy (non-hydrogen) atoms. The highest BCUT2D eigenvalue weighted by atomic mass is 19.1. The maximum Gasteiger partial charge on any atom is 0.124 e. The van der Waals surface area contributed by atoms with Gasteiger partial charge >= 0.3 is 0 Å². The molecule has 0 atom stereocenters. The number of pyridine rings is 1. The smallest absolute Gasteiger partial charge is 0.124 e. The highest BCUT2D eigenvalue weighted by molar-refractivity contribution is 6.01. The molecule has 0 fully saturated rings. The number of aromatic amines is 2. The summed E-state index contributed by atoms with van der Waals surface area (Å²) in [4.78, 5) is 7.73. The van der Waals surface area contributed by atoms with Gasteiger partial charge in [0.2, 0.25) is 0 Å². The van der Waals surface area contributed by atoms with Gasteiger partial charge in [-0.3, -0.25) is 10.1 Å².